The highest BCUT2D eigenvalue weighted by Gasteiger charge is 2.60. The number of para-hydroxylation sites is 1. The van der Waals surface area contributed by atoms with E-state index in [2.05, 4.69) is 0 Å². The van der Waals surface area contributed by atoms with Crippen LogP contribution in [-0.2, 0) is 14.4 Å². The third-order valence-electron chi connectivity index (χ3n) is 6.43. The number of carbonyl (C=O) groups is 2. The number of rotatable bonds is 3. The Bertz CT molecular complexity index is 1440. The minimum Gasteiger partial charge on any atom is -0.273 e. The molecular formula is C27H18Cl2N2O3. The molecular weight excluding hydrogens is 471 g/mol. The quantitative estimate of drug-likeness (QED) is 0.322. The van der Waals surface area contributed by atoms with Crippen LogP contribution in [-0.4, -0.2) is 17.9 Å². The molecule has 2 fully saturated rings. The number of carbonyl (C=O) groups excluding carboxylic acids is 2. The minimum atomic E-state index is -0.953. The maximum atomic E-state index is 13.8. The summed E-state index contributed by atoms with van der Waals surface area (Å²) < 4.78 is 0. The lowest BCUT2D eigenvalue weighted by Crippen LogP contribution is -2.37. The fourth-order valence-corrected chi connectivity index (χ4v) is 5.21. The van der Waals surface area contributed by atoms with E-state index in [-0.39, 0.29) is 10.9 Å². The highest BCUT2D eigenvalue weighted by molar-refractivity contribution is 6.42. The van der Waals surface area contributed by atoms with Gasteiger partial charge in [-0.1, -0.05) is 83.9 Å². The van der Waals surface area contributed by atoms with Gasteiger partial charge in [-0.3, -0.25) is 14.4 Å². The maximum Gasteiger partial charge on any atom is 0.266 e. The van der Waals surface area contributed by atoms with E-state index in [9.17, 15) is 9.59 Å². The van der Waals surface area contributed by atoms with Crippen molar-refractivity contribution >= 4 is 57.2 Å². The van der Waals surface area contributed by atoms with Crippen molar-refractivity contribution < 1.29 is 14.4 Å². The van der Waals surface area contributed by atoms with Crippen LogP contribution in [0, 0.1) is 5.92 Å². The van der Waals surface area contributed by atoms with E-state index >= 15 is 0 Å². The lowest BCUT2D eigenvalue weighted by atomic mass is 9.87. The Kier molecular flexibility index (Phi) is 5.06. The highest BCUT2D eigenvalue weighted by Crippen LogP contribution is 2.49. The number of nitrogens with zero attached hydrogens (tertiary/aromatic N) is 2. The molecule has 2 aliphatic heterocycles. The summed E-state index contributed by atoms with van der Waals surface area (Å²) in [6.07, 6.45) is -0.953. The summed E-state index contributed by atoms with van der Waals surface area (Å²) in [5.41, 5.74) is 2.08. The van der Waals surface area contributed by atoms with Crippen molar-refractivity contribution in [2.24, 2.45) is 5.92 Å². The Morgan fingerprint density at radius 1 is 0.706 bits per heavy atom. The van der Waals surface area contributed by atoms with Crippen LogP contribution in [0.4, 0.5) is 11.4 Å². The van der Waals surface area contributed by atoms with Crippen molar-refractivity contribution in [2.45, 2.75) is 12.1 Å². The number of hydrogen-bond acceptors (Lipinski definition) is 4. The van der Waals surface area contributed by atoms with Gasteiger partial charge in [-0.15, -0.1) is 0 Å². The molecule has 5 nitrogen and oxygen atoms in total. The molecule has 0 unspecified atom stereocenters. The number of amides is 2. The van der Waals surface area contributed by atoms with Crippen LogP contribution in [0.3, 0.4) is 0 Å². The summed E-state index contributed by atoms with van der Waals surface area (Å²) in [4.78, 5) is 34.7. The second kappa shape index (κ2) is 8.13. The van der Waals surface area contributed by atoms with Crippen molar-refractivity contribution in [3.8, 4) is 0 Å². The summed E-state index contributed by atoms with van der Waals surface area (Å²) in [5.74, 6) is -1.48. The van der Waals surface area contributed by atoms with Gasteiger partial charge in [0, 0.05) is 0 Å². The number of anilines is 2. The second-order valence-electron chi connectivity index (χ2n) is 8.34. The summed E-state index contributed by atoms with van der Waals surface area (Å²) in [7, 11) is 0. The standard InChI is InChI=1S/C27H18Cl2N2O3/c28-21-14-13-18(15-22(21)29)30-26(32)23-24(20-12-6-8-16-7-4-5-11-19(16)20)31(34-25(23)27(30)33)17-9-2-1-3-10-17/h1-15,23-25H/t23-,24+,25-/m1/s1. The van der Waals surface area contributed by atoms with Crippen molar-refractivity contribution in [2.75, 3.05) is 9.96 Å². The molecule has 34 heavy (non-hydrogen) atoms. The van der Waals surface area contributed by atoms with Gasteiger partial charge in [0.2, 0.25) is 5.91 Å². The number of benzene rings is 4. The number of imide groups is 1. The van der Waals surface area contributed by atoms with E-state index in [1.54, 1.807) is 17.2 Å². The smallest absolute Gasteiger partial charge is 0.266 e. The van der Waals surface area contributed by atoms with Gasteiger partial charge in [0.05, 0.1) is 27.5 Å². The molecule has 0 aliphatic carbocycles. The summed E-state index contributed by atoms with van der Waals surface area (Å²) in [5, 5.41) is 4.39. The third kappa shape index (κ3) is 3.20. The van der Waals surface area contributed by atoms with Gasteiger partial charge in [0.1, 0.15) is 5.92 Å². The van der Waals surface area contributed by atoms with Gasteiger partial charge in [0.25, 0.3) is 5.91 Å². The minimum absolute atomic E-state index is 0.272. The number of fused-ring (bicyclic) bond motifs is 2. The molecule has 6 rings (SSSR count). The Hall–Kier alpha value is -3.38. The fraction of sp³-hybridized carbons (Fsp3) is 0.111. The Balaban J connectivity index is 1.50. The predicted octanol–water partition coefficient (Wildman–Crippen LogP) is 6.20. The van der Waals surface area contributed by atoms with Crippen molar-refractivity contribution in [3.05, 3.63) is 107 Å². The largest absolute Gasteiger partial charge is 0.273 e. The van der Waals surface area contributed by atoms with Gasteiger partial charge < -0.3 is 0 Å². The third-order valence-corrected chi connectivity index (χ3v) is 7.17. The Morgan fingerprint density at radius 3 is 2.24 bits per heavy atom. The zero-order chi connectivity index (χ0) is 23.4. The van der Waals surface area contributed by atoms with Gasteiger partial charge in [-0.05, 0) is 46.7 Å². The normalized spacial score (nSPS) is 22.0. The fourth-order valence-electron chi connectivity index (χ4n) is 4.92. The Labute approximate surface area is 206 Å². The van der Waals surface area contributed by atoms with E-state index in [0.29, 0.717) is 10.7 Å². The van der Waals surface area contributed by atoms with Crippen LogP contribution in [0.25, 0.3) is 10.8 Å². The molecule has 168 valence electrons. The first kappa shape index (κ1) is 21.2. The van der Waals surface area contributed by atoms with Crippen LogP contribution in [0.1, 0.15) is 11.6 Å². The van der Waals surface area contributed by atoms with Crippen LogP contribution in [0.2, 0.25) is 10.0 Å². The average Bonchev–Trinajstić information content (AvgIpc) is 3.37. The molecule has 3 atom stereocenters. The van der Waals surface area contributed by atoms with Crippen molar-refractivity contribution in [1.29, 1.82) is 0 Å². The number of halogens is 2. The molecule has 7 heteroatoms. The summed E-state index contributed by atoms with van der Waals surface area (Å²) in [6.45, 7) is 0. The summed E-state index contributed by atoms with van der Waals surface area (Å²) in [6, 6.07) is 27.7. The highest BCUT2D eigenvalue weighted by atomic mass is 35.5. The zero-order valence-electron chi connectivity index (χ0n) is 17.8. The number of hydrogen-bond donors (Lipinski definition) is 0. The van der Waals surface area contributed by atoms with Crippen LogP contribution in [0.5, 0.6) is 0 Å². The topological polar surface area (TPSA) is 49.9 Å². The lowest BCUT2D eigenvalue weighted by molar-refractivity contribution is -0.126. The molecule has 0 aromatic heterocycles. The molecule has 2 saturated heterocycles. The molecule has 0 bridgehead atoms. The average molecular weight is 489 g/mol. The SMILES string of the molecule is O=C1[C@H]2[C@@H](ON(c3ccccc3)[C@H]2c2cccc3ccccc23)C(=O)N1c1ccc(Cl)c(Cl)c1. The summed E-state index contributed by atoms with van der Waals surface area (Å²) >= 11 is 12.2. The van der Waals surface area contributed by atoms with Gasteiger partial charge in [0.15, 0.2) is 6.10 Å². The first-order valence-corrected chi connectivity index (χ1v) is 11.6. The Morgan fingerprint density at radius 2 is 1.44 bits per heavy atom. The molecule has 0 N–H and O–H groups in total. The van der Waals surface area contributed by atoms with Crippen LogP contribution in [0.15, 0.2) is 91.0 Å². The van der Waals surface area contributed by atoms with E-state index in [1.165, 1.54) is 6.07 Å². The van der Waals surface area contributed by atoms with Crippen LogP contribution >= 0.6 is 23.2 Å². The monoisotopic (exact) mass is 488 g/mol. The lowest BCUT2D eigenvalue weighted by Gasteiger charge is -2.29. The van der Waals surface area contributed by atoms with Gasteiger partial charge >= 0.3 is 0 Å². The molecule has 4 aromatic rings. The number of hydroxylamine groups is 1. The van der Waals surface area contributed by atoms with E-state index in [4.69, 9.17) is 28.0 Å². The van der Waals surface area contributed by atoms with Crippen molar-refractivity contribution in [3.63, 3.8) is 0 Å². The predicted molar refractivity (Wildman–Crippen MR) is 133 cm³/mol. The molecule has 0 saturated carbocycles. The molecule has 4 aromatic carbocycles. The molecule has 0 radical (unpaired) electrons. The second-order valence-corrected chi connectivity index (χ2v) is 9.15. The molecule has 0 spiro atoms. The first-order valence-electron chi connectivity index (χ1n) is 10.9. The molecule has 2 heterocycles. The van der Waals surface area contributed by atoms with Crippen LogP contribution < -0.4 is 9.96 Å². The van der Waals surface area contributed by atoms with Gasteiger partial charge in [-0.2, -0.15) is 0 Å². The van der Waals surface area contributed by atoms with E-state index < -0.39 is 24.0 Å². The maximum absolute atomic E-state index is 13.8. The first-order chi connectivity index (χ1) is 16.5. The molecule has 2 aliphatic rings. The van der Waals surface area contributed by atoms with Crippen molar-refractivity contribution in [1.82, 2.24) is 0 Å². The van der Waals surface area contributed by atoms with Gasteiger partial charge in [-0.25, -0.2) is 9.96 Å². The van der Waals surface area contributed by atoms with E-state index in [0.717, 1.165) is 26.9 Å². The van der Waals surface area contributed by atoms with E-state index in [1.807, 2.05) is 72.8 Å². The zero-order valence-corrected chi connectivity index (χ0v) is 19.3. The molecule has 2 amide bonds.